The molecule has 0 atom stereocenters. The van der Waals surface area contributed by atoms with Gasteiger partial charge in [0.1, 0.15) is 0 Å². The Labute approximate surface area is 180 Å². The van der Waals surface area contributed by atoms with E-state index in [4.69, 9.17) is 0 Å². The van der Waals surface area contributed by atoms with E-state index in [9.17, 15) is 19.7 Å². The zero-order valence-corrected chi connectivity index (χ0v) is 17.2. The summed E-state index contributed by atoms with van der Waals surface area (Å²) < 4.78 is 0. The quantitative estimate of drug-likeness (QED) is 0.445. The van der Waals surface area contributed by atoms with Crippen molar-refractivity contribution >= 4 is 17.5 Å². The highest BCUT2D eigenvalue weighted by atomic mass is 16.6. The molecule has 0 saturated carbocycles. The molecular weight excluding hydrogens is 394 g/mol. The van der Waals surface area contributed by atoms with Gasteiger partial charge in [-0.1, -0.05) is 60.7 Å². The van der Waals surface area contributed by atoms with Crippen LogP contribution in [0, 0.1) is 17.0 Å². The predicted octanol–water partition coefficient (Wildman–Crippen LogP) is 3.86. The highest BCUT2D eigenvalue weighted by Gasteiger charge is 2.18. The van der Waals surface area contributed by atoms with Gasteiger partial charge in [-0.25, -0.2) is 0 Å². The summed E-state index contributed by atoms with van der Waals surface area (Å²) in [4.78, 5) is 37.5. The van der Waals surface area contributed by atoms with Crippen LogP contribution in [0.3, 0.4) is 0 Å². The van der Waals surface area contributed by atoms with Gasteiger partial charge in [0.25, 0.3) is 11.6 Å². The van der Waals surface area contributed by atoms with Crippen LogP contribution in [0.15, 0.2) is 78.9 Å². The highest BCUT2D eigenvalue weighted by molar-refractivity contribution is 5.96. The van der Waals surface area contributed by atoms with E-state index in [0.717, 1.165) is 11.1 Å². The predicted molar refractivity (Wildman–Crippen MR) is 117 cm³/mol. The van der Waals surface area contributed by atoms with E-state index in [0.29, 0.717) is 18.7 Å². The Balaban J connectivity index is 1.68. The zero-order valence-electron chi connectivity index (χ0n) is 17.2. The van der Waals surface area contributed by atoms with E-state index >= 15 is 0 Å². The number of benzene rings is 3. The second-order valence-corrected chi connectivity index (χ2v) is 7.16. The minimum Gasteiger partial charge on any atom is -0.343 e. The molecule has 0 bridgehead atoms. The van der Waals surface area contributed by atoms with Crippen molar-refractivity contribution in [3.63, 3.8) is 0 Å². The molecule has 7 heteroatoms. The van der Waals surface area contributed by atoms with Gasteiger partial charge in [-0.2, -0.15) is 0 Å². The molecule has 3 aromatic carbocycles. The first-order chi connectivity index (χ1) is 14.9. The molecule has 3 rings (SSSR count). The molecule has 7 nitrogen and oxygen atoms in total. The fourth-order valence-electron chi connectivity index (χ4n) is 3.21. The topological polar surface area (TPSA) is 92.6 Å². The fourth-order valence-corrected chi connectivity index (χ4v) is 3.21. The molecule has 0 fully saturated rings. The lowest BCUT2D eigenvalue weighted by Crippen LogP contribution is -2.39. The second kappa shape index (κ2) is 10.2. The number of carbonyl (C=O) groups is 2. The molecule has 158 valence electrons. The van der Waals surface area contributed by atoms with Crippen LogP contribution in [0.4, 0.5) is 5.69 Å². The summed E-state index contributed by atoms with van der Waals surface area (Å²) in [7, 11) is 0. The van der Waals surface area contributed by atoms with E-state index in [-0.39, 0.29) is 23.7 Å². The summed E-state index contributed by atoms with van der Waals surface area (Å²) in [6, 6.07) is 23.4. The lowest BCUT2D eigenvalue weighted by Gasteiger charge is -2.23. The third-order valence-electron chi connectivity index (χ3n) is 4.84. The van der Waals surface area contributed by atoms with Crippen molar-refractivity contribution in [2.75, 3.05) is 6.54 Å². The summed E-state index contributed by atoms with van der Waals surface area (Å²) in [5.41, 5.74) is 2.59. The van der Waals surface area contributed by atoms with Gasteiger partial charge in [0, 0.05) is 30.3 Å². The summed E-state index contributed by atoms with van der Waals surface area (Å²) in [5, 5.41) is 13.6. The average molecular weight is 417 g/mol. The van der Waals surface area contributed by atoms with Crippen LogP contribution in [0.1, 0.15) is 27.0 Å². The Bertz CT molecular complexity index is 1030. The number of carbonyl (C=O) groups excluding carboxylic acids is 2. The van der Waals surface area contributed by atoms with Crippen molar-refractivity contribution in [2.45, 2.75) is 20.0 Å². The van der Waals surface area contributed by atoms with E-state index in [1.165, 1.54) is 18.2 Å². The number of aryl methyl sites for hydroxylation is 1. The molecule has 0 aliphatic carbocycles. The van der Waals surface area contributed by atoms with Crippen LogP contribution in [-0.4, -0.2) is 28.2 Å². The van der Waals surface area contributed by atoms with Crippen LogP contribution in [0.25, 0.3) is 0 Å². The fraction of sp³-hybridized carbons (Fsp3) is 0.167. The summed E-state index contributed by atoms with van der Waals surface area (Å²) in [6.45, 7) is 2.23. The molecule has 0 aliphatic rings. The standard InChI is InChI=1S/C24H23N3O4/c1-18-14-21(12-13-22(18)27(30)31)24(29)25-15-23(28)26(16-19-8-4-2-5-9-19)17-20-10-6-3-7-11-20/h2-14H,15-17H2,1H3,(H,25,29). The number of nitrogens with zero attached hydrogens (tertiary/aromatic N) is 2. The molecule has 31 heavy (non-hydrogen) atoms. The largest absolute Gasteiger partial charge is 0.343 e. The number of nitro groups is 1. The van der Waals surface area contributed by atoms with Crippen LogP contribution < -0.4 is 5.32 Å². The lowest BCUT2D eigenvalue weighted by atomic mass is 10.1. The third-order valence-corrected chi connectivity index (χ3v) is 4.84. The molecule has 0 heterocycles. The van der Waals surface area contributed by atoms with Gasteiger partial charge in [-0.05, 0) is 30.2 Å². The Morgan fingerprint density at radius 3 is 1.94 bits per heavy atom. The van der Waals surface area contributed by atoms with Gasteiger partial charge in [0.2, 0.25) is 5.91 Å². The molecule has 0 aliphatic heterocycles. The molecular formula is C24H23N3O4. The molecule has 0 radical (unpaired) electrons. The van der Waals surface area contributed by atoms with Crippen LogP contribution in [0.5, 0.6) is 0 Å². The molecule has 3 aromatic rings. The maximum absolute atomic E-state index is 12.9. The van der Waals surface area contributed by atoms with Crippen molar-refractivity contribution in [1.29, 1.82) is 0 Å². The number of nitro benzene ring substituents is 1. The summed E-state index contributed by atoms with van der Waals surface area (Å²) >= 11 is 0. The second-order valence-electron chi connectivity index (χ2n) is 7.16. The van der Waals surface area contributed by atoms with Gasteiger partial charge >= 0.3 is 0 Å². The molecule has 0 aromatic heterocycles. The van der Waals surface area contributed by atoms with Crippen molar-refractivity contribution in [1.82, 2.24) is 10.2 Å². The SMILES string of the molecule is Cc1cc(C(=O)NCC(=O)N(Cc2ccccc2)Cc2ccccc2)ccc1[N+](=O)[O-]. The van der Waals surface area contributed by atoms with Crippen LogP contribution in [-0.2, 0) is 17.9 Å². The van der Waals surface area contributed by atoms with Crippen molar-refractivity contribution < 1.29 is 14.5 Å². The number of hydrogen-bond acceptors (Lipinski definition) is 4. The Kier molecular flexibility index (Phi) is 7.11. The maximum atomic E-state index is 12.9. The van der Waals surface area contributed by atoms with Gasteiger partial charge in [0.15, 0.2) is 0 Å². The Hall–Kier alpha value is -4.00. The van der Waals surface area contributed by atoms with Crippen molar-refractivity contribution in [2.24, 2.45) is 0 Å². The molecule has 0 spiro atoms. The molecule has 2 amide bonds. The minimum atomic E-state index is -0.494. The highest BCUT2D eigenvalue weighted by Crippen LogP contribution is 2.18. The van der Waals surface area contributed by atoms with Crippen molar-refractivity contribution in [3.05, 3.63) is 111 Å². The summed E-state index contributed by atoms with van der Waals surface area (Å²) in [6.07, 6.45) is 0. The number of nitrogens with one attached hydrogen (secondary N) is 1. The monoisotopic (exact) mass is 417 g/mol. The van der Waals surface area contributed by atoms with Gasteiger partial charge in [0.05, 0.1) is 11.5 Å². The van der Waals surface area contributed by atoms with Crippen LogP contribution in [0.2, 0.25) is 0 Å². The first-order valence-corrected chi connectivity index (χ1v) is 9.83. The van der Waals surface area contributed by atoms with Crippen molar-refractivity contribution in [3.8, 4) is 0 Å². The van der Waals surface area contributed by atoms with E-state index in [1.807, 2.05) is 60.7 Å². The third kappa shape index (κ3) is 5.99. The molecule has 0 unspecified atom stereocenters. The average Bonchev–Trinajstić information content (AvgIpc) is 2.78. The lowest BCUT2D eigenvalue weighted by molar-refractivity contribution is -0.385. The zero-order chi connectivity index (χ0) is 22.2. The van der Waals surface area contributed by atoms with Crippen LogP contribution >= 0.6 is 0 Å². The number of hydrogen-bond donors (Lipinski definition) is 1. The number of amides is 2. The molecule has 1 N–H and O–H groups in total. The normalized spacial score (nSPS) is 10.4. The van der Waals surface area contributed by atoms with E-state index in [1.54, 1.807) is 11.8 Å². The van der Waals surface area contributed by atoms with Gasteiger partial charge in [-0.15, -0.1) is 0 Å². The first-order valence-electron chi connectivity index (χ1n) is 9.83. The van der Waals surface area contributed by atoms with E-state index < -0.39 is 10.8 Å². The first kappa shape index (κ1) is 21.7. The summed E-state index contributed by atoms with van der Waals surface area (Å²) in [5.74, 6) is -0.676. The maximum Gasteiger partial charge on any atom is 0.272 e. The van der Waals surface area contributed by atoms with Gasteiger partial charge < -0.3 is 10.2 Å². The number of rotatable bonds is 8. The molecule has 0 saturated heterocycles. The van der Waals surface area contributed by atoms with E-state index in [2.05, 4.69) is 5.32 Å². The smallest absolute Gasteiger partial charge is 0.272 e. The Morgan fingerprint density at radius 1 is 0.903 bits per heavy atom. The minimum absolute atomic E-state index is 0.0514. The van der Waals surface area contributed by atoms with Gasteiger partial charge in [-0.3, -0.25) is 19.7 Å². The Morgan fingerprint density at radius 2 is 1.45 bits per heavy atom.